The molecule has 0 amide bonds. The van der Waals surface area contributed by atoms with Crippen LogP contribution in [0.25, 0.3) is 0 Å². The lowest BCUT2D eigenvalue weighted by molar-refractivity contribution is 0.0894. The summed E-state index contributed by atoms with van der Waals surface area (Å²) < 4.78 is 0. The predicted molar refractivity (Wildman–Crippen MR) is 82.5 cm³/mol. The molecule has 0 spiro atoms. The molecule has 0 saturated carbocycles. The summed E-state index contributed by atoms with van der Waals surface area (Å²) in [5.41, 5.74) is -0.128. The first-order valence-corrected chi connectivity index (χ1v) is 8.14. The molecule has 114 valence electrons. The van der Waals surface area contributed by atoms with E-state index in [0.29, 0.717) is 6.04 Å². The maximum Gasteiger partial charge on any atom is 0.0611 e. The Kier molecular flexibility index (Phi) is 7.33. The van der Waals surface area contributed by atoms with Gasteiger partial charge in [-0.25, -0.2) is 0 Å². The Morgan fingerprint density at radius 2 is 1.95 bits per heavy atom. The molecule has 2 atom stereocenters. The van der Waals surface area contributed by atoms with Crippen LogP contribution in [-0.4, -0.2) is 47.8 Å². The van der Waals surface area contributed by atoms with Crippen molar-refractivity contribution in [2.24, 2.45) is 5.92 Å². The second kappa shape index (κ2) is 8.23. The van der Waals surface area contributed by atoms with Crippen LogP contribution < -0.4 is 5.32 Å². The summed E-state index contributed by atoms with van der Waals surface area (Å²) >= 11 is 0. The smallest absolute Gasteiger partial charge is 0.0611 e. The van der Waals surface area contributed by atoms with Crippen LogP contribution in [0.2, 0.25) is 0 Å². The monoisotopic (exact) mass is 270 g/mol. The van der Waals surface area contributed by atoms with E-state index in [1.807, 2.05) is 0 Å². The summed E-state index contributed by atoms with van der Waals surface area (Å²) in [6.45, 7) is 12.6. The summed E-state index contributed by atoms with van der Waals surface area (Å²) in [4.78, 5) is 2.60. The molecule has 1 aliphatic rings. The van der Waals surface area contributed by atoms with E-state index in [1.54, 1.807) is 0 Å². The molecule has 1 heterocycles. The minimum Gasteiger partial charge on any atom is -0.394 e. The number of piperidine rings is 1. The molecule has 0 radical (unpaired) electrons. The number of rotatable bonds is 8. The highest BCUT2D eigenvalue weighted by molar-refractivity contribution is 4.88. The summed E-state index contributed by atoms with van der Waals surface area (Å²) in [5, 5.41) is 13.2. The topological polar surface area (TPSA) is 35.5 Å². The van der Waals surface area contributed by atoms with E-state index in [1.165, 1.54) is 32.4 Å². The molecule has 0 bridgehead atoms. The lowest BCUT2D eigenvalue weighted by Crippen LogP contribution is -2.51. The maximum absolute atomic E-state index is 9.66. The van der Waals surface area contributed by atoms with Crippen molar-refractivity contribution in [2.45, 2.75) is 71.4 Å². The normalized spacial score (nSPS) is 23.2. The van der Waals surface area contributed by atoms with Gasteiger partial charge in [0, 0.05) is 11.6 Å². The summed E-state index contributed by atoms with van der Waals surface area (Å²) in [5.74, 6) is 0.936. The number of hydrogen-bond acceptors (Lipinski definition) is 3. The zero-order valence-corrected chi connectivity index (χ0v) is 13.4. The Bertz CT molecular complexity index is 239. The van der Waals surface area contributed by atoms with Crippen molar-refractivity contribution in [3.63, 3.8) is 0 Å². The Hall–Kier alpha value is -0.120. The zero-order valence-electron chi connectivity index (χ0n) is 13.4. The van der Waals surface area contributed by atoms with Crippen LogP contribution in [0.3, 0.4) is 0 Å². The first-order valence-electron chi connectivity index (χ1n) is 8.14. The van der Waals surface area contributed by atoms with Crippen LogP contribution >= 0.6 is 0 Å². The highest BCUT2D eigenvalue weighted by atomic mass is 16.3. The predicted octanol–water partition coefficient (Wildman–Crippen LogP) is 2.64. The third-order valence-corrected chi connectivity index (χ3v) is 4.75. The van der Waals surface area contributed by atoms with Gasteiger partial charge in [-0.1, -0.05) is 20.3 Å². The Labute approximate surface area is 119 Å². The van der Waals surface area contributed by atoms with E-state index < -0.39 is 0 Å². The molecular weight excluding hydrogens is 236 g/mol. The highest BCUT2D eigenvalue weighted by Crippen LogP contribution is 2.24. The number of likely N-dealkylation sites (tertiary alicyclic amines) is 1. The van der Waals surface area contributed by atoms with E-state index in [2.05, 4.69) is 37.9 Å². The third kappa shape index (κ3) is 5.41. The van der Waals surface area contributed by atoms with Gasteiger partial charge in [-0.3, -0.25) is 0 Å². The number of hydrogen-bond donors (Lipinski definition) is 2. The number of nitrogens with one attached hydrogen (secondary N) is 1. The minimum absolute atomic E-state index is 0.128. The molecule has 0 aliphatic carbocycles. The molecule has 19 heavy (non-hydrogen) atoms. The van der Waals surface area contributed by atoms with Gasteiger partial charge in [0.15, 0.2) is 0 Å². The van der Waals surface area contributed by atoms with Crippen molar-refractivity contribution in [1.29, 1.82) is 0 Å². The molecule has 1 rings (SSSR count). The molecule has 1 aliphatic heterocycles. The van der Waals surface area contributed by atoms with Crippen molar-refractivity contribution in [3.8, 4) is 0 Å². The Balaban J connectivity index is 2.42. The van der Waals surface area contributed by atoms with Gasteiger partial charge < -0.3 is 15.3 Å². The molecule has 2 N–H and O–H groups in total. The highest BCUT2D eigenvalue weighted by Gasteiger charge is 2.29. The number of aliphatic hydroxyl groups excluding tert-OH is 1. The Morgan fingerprint density at radius 1 is 1.32 bits per heavy atom. The molecule has 3 nitrogen and oxygen atoms in total. The fraction of sp³-hybridized carbons (Fsp3) is 1.00. The van der Waals surface area contributed by atoms with Crippen LogP contribution in [0.4, 0.5) is 0 Å². The van der Waals surface area contributed by atoms with Crippen LogP contribution in [0.15, 0.2) is 0 Å². The SMILES string of the molecule is CCCNC(C)(CO)CC(C)N1CCC(CC)CC1. The van der Waals surface area contributed by atoms with Gasteiger partial charge in [-0.15, -0.1) is 0 Å². The van der Waals surface area contributed by atoms with Crippen LogP contribution in [0, 0.1) is 5.92 Å². The van der Waals surface area contributed by atoms with E-state index in [4.69, 9.17) is 0 Å². The molecule has 2 unspecified atom stereocenters. The van der Waals surface area contributed by atoms with E-state index in [9.17, 15) is 5.11 Å². The average molecular weight is 270 g/mol. The summed E-state index contributed by atoms with van der Waals surface area (Å²) in [6, 6.07) is 0.555. The van der Waals surface area contributed by atoms with Crippen LogP contribution in [0.1, 0.15) is 59.8 Å². The van der Waals surface area contributed by atoms with Crippen molar-refractivity contribution >= 4 is 0 Å². The van der Waals surface area contributed by atoms with Crippen molar-refractivity contribution in [3.05, 3.63) is 0 Å². The standard InChI is InChI=1S/C16H34N2O/c1-5-9-17-16(4,13-19)12-14(3)18-10-7-15(6-2)8-11-18/h14-15,17,19H,5-13H2,1-4H3. The van der Waals surface area contributed by atoms with Crippen molar-refractivity contribution < 1.29 is 5.11 Å². The maximum atomic E-state index is 9.66. The first-order chi connectivity index (χ1) is 9.04. The van der Waals surface area contributed by atoms with E-state index >= 15 is 0 Å². The van der Waals surface area contributed by atoms with Crippen LogP contribution in [0.5, 0.6) is 0 Å². The van der Waals surface area contributed by atoms with Crippen LogP contribution in [-0.2, 0) is 0 Å². The summed E-state index contributed by atoms with van der Waals surface area (Å²) in [7, 11) is 0. The molecule has 3 heteroatoms. The summed E-state index contributed by atoms with van der Waals surface area (Å²) in [6.07, 6.45) is 6.17. The zero-order chi connectivity index (χ0) is 14.3. The van der Waals surface area contributed by atoms with Gasteiger partial charge in [-0.05, 0) is 65.1 Å². The first kappa shape index (κ1) is 16.9. The fourth-order valence-corrected chi connectivity index (χ4v) is 3.20. The third-order valence-electron chi connectivity index (χ3n) is 4.75. The number of nitrogens with zero attached hydrogens (tertiary/aromatic N) is 1. The number of aliphatic hydroxyl groups is 1. The molecule has 0 aromatic carbocycles. The quantitative estimate of drug-likeness (QED) is 0.712. The molecule has 0 aromatic rings. The van der Waals surface area contributed by atoms with Crippen molar-refractivity contribution in [2.75, 3.05) is 26.2 Å². The largest absolute Gasteiger partial charge is 0.394 e. The fourth-order valence-electron chi connectivity index (χ4n) is 3.20. The van der Waals surface area contributed by atoms with Gasteiger partial charge >= 0.3 is 0 Å². The average Bonchev–Trinajstić information content (AvgIpc) is 2.45. The molecule has 1 fully saturated rings. The second-order valence-electron chi connectivity index (χ2n) is 6.59. The van der Waals surface area contributed by atoms with E-state index in [0.717, 1.165) is 25.3 Å². The van der Waals surface area contributed by atoms with E-state index in [-0.39, 0.29) is 12.1 Å². The van der Waals surface area contributed by atoms with Crippen molar-refractivity contribution in [1.82, 2.24) is 10.2 Å². The second-order valence-corrected chi connectivity index (χ2v) is 6.59. The molecule has 0 aromatic heterocycles. The van der Waals surface area contributed by atoms with Gasteiger partial charge in [-0.2, -0.15) is 0 Å². The van der Waals surface area contributed by atoms with Gasteiger partial charge in [0.05, 0.1) is 6.61 Å². The van der Waals surface area contributed by atoms with Gasteiger partial charge in [0.25, 0.3) is 0 Å². The molecular formula is C16H34N2O. The lowest BCUT2D eigenvalue weighted by atomic mass is 9.90. The van der Waals surface area contributed by atoms with Gasteiger partial charge in [0.2, 0.25) is 0 Å². The lowest BCUT2D eigenvalue weighted by Gasteiger charge is -2.40. The Morgan fingerprint density at radius 3 is 2.42 bits per heavy atom. The van der Waals surface area contributed by atoms with Gasteiger partial charge in [0.1, 0.15) is 0 Å². The molecule has 1 saturated heterocycles. The minimum atomic E-state index is -0.128.